The van der Waals surface area contributed by atoms with E-state index in [1.54, 1.807) is 11.3 Å². The summed E-state index contributed by atoms with van der Waals surface area (Å²) in [5.41, 5.74) is 2.50. The highest BCUT2D eigenvalue weighted by Gasteiger charge is 2.15. The minimum Gasteiger partial charge on any atom is -0.357 e. The molecule has 2 aromatic rings. The maximum absolute atomic E-state index is 4.72. The Morgan fingerprint density at radius 2 is 2.04 bits per heavy atom. The molecule has 2 rings (SSSR count). The van der Waals surface area contributed by atoms with Gasteiger partial charge < -0.3 is 15.5 Å². The van der Waals surface area contributed by atoms with Crippen molar-refractivity contribution in [2.75, 3.05) is 27.2 Å². The predicted molar refractivity (Wildman–Crippen MR) is 105 cm³/mol. The van der Waals surface area contributed by atoms with E-state index in [-0.39, 0.29) is 0 Å². The molecule has 5 heteroatoms. The lowest BCUT2D eigenvalue weighted by Gasteiger charge is -2.24. The molecule has 1 unspecified atom stereocenters. The van der Waals surface area contributed by atoms with Crippen molar-refractivity contribution in [1.82, 2.24) is 15.5 Å². The first-order valence-corrected chi connectivity index (χ1v) is 9.25. The summed E-state index contributed by atoms with van der Waals surface area (Å²) in [6, 6.07) is 13.1. The molecule has 0 saturated carbocycles. The molecule has 0 radical (unpaired) electrons. The van der Waals surface area contributed by atoms with E-state index in [0.29, 0.717) is 12.6 Å². The zero-order chi connectivity index (χ0) is 17.4. The maximum atomic E-state index is 4.72. The maximum Gasteiger partial charge on any atom is 0.191 e. The molecule has 0 bridgehead atoms. The Balaban J connectivity index is 2.00. The van der Waals surface area contributed by atoms with Crippen molar-refractivity contribution in [2.45, 2.75) is 26.4 Å². The lowest BCUT2D eigenvalue weighted by Crippen LogP contribution is -2.41. The van der Waals surface area contributed by atoms with Crippen LogP contribution in [0.15, 0.2) is 46.8 Å². The van der Waals surface area contributed by atoms with Crippen LogP contribution in [-0.2, 0) is 6.54 Å². The largest absolute Gasteiger partial charge is 0.357 e. The lowest BCUT2D eigenvalue weighted by molar-refractivity contribution is 0.302. The summed E-state index contributed by atoms with van der Waals surface area (Å²) in [6.45, 7) is 6.56. The molecule has 130 valence electrons. The van der Waals surface area contributed by atoms with Crippen molar-refractivity contribution in [3.63, 3.8) is 0 Å². The average molecular weight is 345 g/mol. The molecule has 0 saturated heterocycles. The average Bonchev–Trinajstić information content (AvgIpc) is 3.06. The minimum absolute atomic E-state index is 0.341. The van der Waals surface area contributed by atoms with E-state index < -0.39 is 0 Å². The molecule has 24 heavy (non-hydrogen) atoms. The van der Waals surface area contributed by atoms with Crippen LogP contribution in [0.2, 0.25) is 0 Å². The number of hydrogen-bond donors (Lipinski definition) is 2. The predicted octanol–water partition coefficient (Wildman–Crippen LogP) is 3.41. The van der Waals surface area contributed by atoms with Gasteiger partial charge in [0.15, 0.2) is 5.96 Å². The highest BCUT2D eigenvalue weighted by Crippen LogP contribution is 2.22. The fourth-order valence-electron chi connectivity index (χ4n) is 2.53. The third-order valence-corrected chi connectivity index (χ3v) is 4.78. The molecule has 1 heterocycles. The summed E-state index contributed by atoms with van der Waals surface area (Å²) < 4.78 is 0. The summed E-state index contributed by atoms with van der Waals surface area (Å²) in [6.07, 6.45) is 0. The number of nitrogens with one attached hydrogen (secondary N) is 2. The summed E-state index contributed by atoms with van der Waals surface area (Å²) in [7, 11) is 4.23. The normalized spacial score (nSPS) is 13.1. The van der Waals surface area contributed by atoms with Gasteiger partial charge in [-0.3, -0.25) is 0 Å². The van der Waals surface area contributed by atoms with E-state index in [2.05, 4.69) is 85.3 Å². The van der Waals surface area contributed by atoms with Crippen LogP contribution in [0.5, 0.6) is 0 Å². The topological polar surface area (TPSA) is 39.7 Å². The van der Waals surface area contributed by atoms with Crippen LogP contribution >= 0.6 is 11.3 Å². The number of rotatable bonds is 7. The molecular weight excluding hydrogens is 316 g/mol. The molecular formula is C19H28N4S. The zero-order valence-electron chi connectivity index (χ0n) is 15.0. The summed E-state index contributed by atoms with van der Waals surface area (Å²) in [4.78, 5) is 8.32. The van der Waals surface area contributed by atoms with Crippen molar-refractivity contribution >= 4 is 17.3 Å². The first kappa shape index (κ1) is 18.5. The van der Waals surface area contributed by atoms with Crippen molar-refractivity contribution in [3.05, 3.63) is 57.8 Å². The number of guanidine groups is 1. The standard InChI is InChI=1S/C19H28N4S/c1-5-20-19(21-13-16-9-6-8-15(2)12-16)22-14-17(23(3)4)18-10-7-11-24-18/h6-12,17H,5,13-14H2,1-4H3,(H2,20,21,22). The SMILES string of the molecule is CCNC(=NCc1cccc(C)c1)NCC(c1cccs1)N(C)C. The van der Waals surface area contributed by atoms with Gasteiger partial charge in [-0.15, -0.1) is 11.3 Å². The van der Waals surface area contributed by atoms with E-state index in [4.69, 9.17) is 4.99 Å². The van der Waals surface area contributed by atoms with Crippen LogP contribution in [-0.4, -0.2) is 38.0 Å². The Kier molecular flexibility index (Phi) is 7.28. The van der Waals surface area contributed by atoms with Crippen LogP contribution in [0.1, 0.15) is 29.0 Å². The second kappa shape index (κ2) is 9.45. The monoisotopic (exact) mass is 344 g/mol. The molecule has 0 aliphatic carbocycles. The minimum atomic E-state index is 0.341. The van der Waals surface area contributed by atoms with Crippen molar-refractivity contribution in [3.8, 4) is 0 Å². The first-order chi connectivity index (χ1) is 11.6. The Hall–Kier alpha value is -1.85. The third kappa shape index (κ3) is 5.65. The molecule has 0 amide bonds. The van der Waals surface area contributed by atoms with Gasteiger partial charge in [0.05, 0.1) is 12.6 Å². The summed E-state index contributed by atoms with van der Waals surface area (Å²) in [5.74, 6) is 0.863. The van der Waals surface area contributed by atoms with E-state index in [0.717, 1.165) is 19.0 Å². The Labute approximate surface area is 149 Å². The Morgan fingerprint density at radius 3 is 2.67 bits per heavy atom. The Bertz CT molecular complexity index is 635. The lowest BCUT2D eigenvalue weighted by atomic mass is 10.1. The number of nitrogens with zero attached hydrogens (tertiary/aromatic N) is 2. The van der Waals surface area contributed by atoms with E-state index >= 15 is 0 Å². The first-order valence-electron chi connectivity index (χ1n) is 8.37. The molecule has 2 N–H and O–H groups in total. The van der Waals surface area contributed by atoms with E-state index in [1.807, 2.05) is 0 Å². The van der Waals surface area contributed by atoms with Crippen molar-refractivity contribution in [2.24, 2.45) is 4.99 Å². The van der Waals surface area contributed by atoms with Gasteiger partial charge in [-0.2, -0.15) is 0 Å². The zero-order valence-corrected chi connectivity index (χ0v) is 15.9. The number of aliphatic imine (C=N–C) groups is 1. The summed E-state index contributed by atoms with van der Waals surface area (Å²) >= 11 is 1.79. The number of hydrogen-bond acceptors (Lipinski definition) is 3. The molecule has 1 aromatic carbocycles. The highest BCUT2D eigenvalue weighted by molar-refractivity contribution is 7.10. The molecule has 0 fully saturated rings. The van der Waals surface area contributed by atoms with Crippen LogP contribution in [0.4, 0.5) is 0 Å². The summed E-state index contributed by atoms with van der Waals surface area (Å²) in [5, 5.41) is 8.94. The van der Waals surface area contributed by atoms with Crippen LogP contribution in [0, 0.1) is 6.92 Å². The van der Waals surface area contributed by atoms with Gasteiger partial charge in [0, 0.05) is 18.0 Å². The fraction of sp³-hybridized carbons (Fsp3) is 0.421. The van der Waals surface area contributed by atoms with Gasteiger partial charge in [-0.05, 0) is 45.0 Å². The van der Waals surface area contributed by atoms with Gasteiger partial charge >= 0.3 is 0 Å². The highest BCUT2D eigenvalue weighted by atomic mass is 32.1. The van der Waals surface area contributed by atoms with Gasteiger partial charge in [0.2, 0.25) is 0 Å². The molecule has 0 aliphatic rings. The van der Waals surface area contributed by atoms with Gasteiger partial charge in [0.1, 0.15) is 0 Å². The van der Waals surface area contributed by atoms with Gasteiger partial charge in [0.25, 0.3) is 0 Å². The second-order valence-electron chi connectivity index (χ2n) is 6.06. The number of benzene rings is 1. The van der Waals surface area contributed by atoms with E-state index in [9.17, 15) is 0 Å². The Morgan fingerprint density at radius 1 is 1.21 bits per heavy atom. The smallest absolute Gasteiger partial charge is 0.191 e. The molecule has 0 spiro atoms. The van der Waals surface area contributed by atoms with Gasteiger partial charge in [-0.25, -0.2) is 4.99 Å². The number of aryl methyl sites for hydroxylation is 1. The number of thiophene rings is 1. The molecule has 1 aromatic heterocycles. The van der Waals surface area contributed by atoms with Crippen molar-refractivity contribution in [1.29, 1.82) is 0 Å². The molecule has 4 nitrogen and oxygen atoms in total. The fourth-order valence-corrected chi connectivity index (χ4v) is 3.46. The van der Waals surface area contributed by atoms with Crippen molar-refractivity contribution < 1.29 is 0 Å². The molecule has 1 atom stereocenters. The molecule has 0 aliphatic heterocycles. The van der Waals surface area contributed by atoms with Crippen LogP contribution in [0.25, 0.3) is 0 Å². The number of likely N-dealkylation sites (N-methyl/N-ethyl adjacent to an activating group) is 1. The second-order valence-corrected chi connectivity index (χ2v) is 7.04. The van der Waals surface area contributed by atoms with E-state index in [1.165, 1.54) is 16.0 Å². The van der Waals surface area contributed by atoms with Crippen LogP contribution < -0.4 is 10.6 Å². The van der Waals surface area contributed by atoms with Gasteiger partial charge in [-0.1, -0.05) is 35.9 Å². The third-order valence-electron chi connectivity index (χ3n) is 3.80. The van der Waals surface area contributed by atoms with Crippen LogP contribution in [0.3, 0.4) is 0 Å². The quantitative estimate of drug-likeness (QED) is 0.597.